The van der Waals surface area contributed by atoms with Crippen LogP contribution < -0.4 is 10.5 Å². The number of hydrogen-bond acceptors (Lipinski definition) is 4. The van der Waals surface area contributed by atoms with Crippen LogP contribution >= 0.6 is 11.6 Å². The van der Waals surface area contributed by atoms with Gasteiger partial charge in [0, 0.05) is 18.3 Å². The minimum atomic E-state index is -1.05. The van der Waals surface area contributed by atoms with Gasteiger partial charge in [0.25, 0.3) is 0 Å². The van der Waals surface area contributed by atoms with E-state index in [1.54, 1.807) is 6.07 Å². The summed E-state index contributed by atoms with van der Waals surface area (Å²) < 4.78 is 5.02. The van der Waals surface area contributed by atoms with E-state index >= 15 is 0 Å². The van der Waals surface area contributed by atoms with E-state index in [0.29, 0.717) is 11.3 Å². The molecule has 1 atom stereocenters. The van der Waals surface area contributed by atoms with Crippen molar-refractivity contribution in [1.29, 1.82) is 0 Å². The summed E-state index contributed by atoms with van der Waals surface area (Å²) >= 11 is 5.82. The quantitative estimate of drug-likeness (QED) is 0.750. The van der Waals surface area contributed by atoms with Crippen molar-refractivity contribution >= 4 is 17.6 Å². The van der Waals surface area contributed by atoms with Crippen molar-refractivity contribution in [3.63, 3.8) is 0 Å². The van der Waals surface area contributed by atoms with Gasteiger partial charge in [-0.15, -0.1) is 0 Å². The third-order valence-corrected chi connectivity index (χ3v) is 2.30. The van der Waals surface area contributed by atoms with Crippen LogP contribution in [-0.2, 0) is 4.79 Å². The molecule has 0 saturated heterocycles. The Kier molecular flexibility index (Phi) is 3.88. The molecule has 0 bridgehead atoms. The van der Waals surface area contributed by atoms with Crippen molar-refractivity contribution < 1.29 is 14.6 Å². The number of aromatic nitrogens is 1. The first-order chi connectivity index (χ1) is 7.11. The van der Waals surface area contributed by atoms with Crippen LogP contribution in [0.5, 0.6) is 5.75 Å². The third-order valence-electron chi connectivity index (χ3n) is 2.00. The molecule has 0 aliphatic heterocycles. The Morgan fingerprint density at radius 1 is 1.80 bits per heavy atom. The topological polar surface area (TPSA) is 85.4 Å². The van der Waals surface area contributed by atoms with Gasteiger partial charge < -0.3 is 15.6 Å². The van der Waals surface area contributed by atoms with Gasteiger partial charge in [-0.25, -0.2) is 4.98 Å². The Balaban J connectivity index is 3.26. The molecule has 0 spiro atoms. The number of carboxylic acid groups (broad SMARTS) is 1. The van der Waals surface area contributed by atoms with Gasteiger partial charge in [-0.2, -0.15) is 0 Å². The number of nitrogens with zero attached hydrogens (tertiary/aromatic N) is 1. The predicted octanol–water partition coefficient (Wildman–Crippen LogP) is 0.871. The summed E-state index contributed by atoms with van der Waals surface area (Å²) in [6.45, 7) is -0.0584. The van der Waals surface area contributed by atoms with Gasteiger partial charge >= 0.3 is 5.97 Å². The molecule has 1 rings (SSSR count). The fourth-order valence-electron chi connectivity index (χ4n) is 1.27. The van der Waals surface area contributed by atoms with E-state index in [4.69, 9.17) is 27.2 Å². The summed E-state index contributed by atoms with van der Waals surface area (Å²) in [6.07, 6.45) is 1.44. The van der Waals surface area contributed by atoms with Gasteiger partial charge in [-0.1, -0.05) is 11.6 Å². The molecule has 1 aromatic heterocycles. The lowest BCUT2D eigenvalue weighted by Gasteiger charge is -2.14. The Labute approximate surface area is 91.8 Å². The molecular formula is C9H11ClN2O3. The van der Waals surface area contributed by atoms with Gasteiger partial charge in [-0.3, -0.25) is 4.79 Å². The molecule has 0 radical (unpaired) electrons. The van der Waals surface area contributed by atoms with Crippen molar-refractivity contribution in [2.45, 2.75) is 5.92 Å². The van der Waals surface area contributed by atoms with Crippen molar-refractivity contribution in [2.24, 2.45) is 5.73 Å². The second-order valence-corrected chi connectivity index (χ2v) is 3.20. The maximum absolute atomic E-state index is 10.9. The molecule has 0 aliphatic carbocycles. The Hall–Kier alpha value is -1.33. The van der Waals surface area contributed by atoms with Gasteiger partial charge in [0.2, 0.25) is 0 Å². The molecule has 1 unspecified atom stereocenters. The minimum absolute atomic E-state index is 0.0584. The number of nitrogens with two attached hydrogens (primary N) is 1. The van der Waals surface area contributed by atoms with Crippen LogP contribution in [0, 0.1) is 0 Å². The van der Waals surface area contributed by atoms with E-state index in [9.17, 15) is 4.79 Å². The summed E-state index contributed by atoms with van der Waals surface area (Å²) in [6, 6.07) is 1.55. The lowest BCUT2D eigenvalue weighted by atomic mass is 10.0. The van der Waals surface area contributed by atoms with E-state index in [1.807, 2.05) is 0 Å². The maximum atomic E-state index is 10.9. The number of aliphatic carboxylic acids is 1. The summed E-state index contributed by atoms with van der Waals surface area (Å²) in [4.78, 5) is 14.7. The minimum Gasteiger partial charge on any atom is -0.496 e. The van der Waals surface area contributed by atoms with E-state index in [2.05, 4.69) is 4.98 Å². The molecule has 5 nitrogen and oxygen atoms in total. The highest BCUT2D eigenvalue weighted by Gasteiger charge is 2.25. The number of carbonyl (C=O) groups is 1. The van der Waals surface area contributed by atoms with E-state index in [0.717, 1.165) is 0 Å². The smallest absolute Gasteiger partial charge is 0.312 e. The highest BCUT2D eigenvalue weighted by atomic mass is 35.5. The normalized spacial score (nSPS) is 12.2. The zero-order chi connectivity index (χ0) is 11.4. The highest BCUT2D eigenvalue weighted by Crippen LogP contribution is 2.31. The van der Waals surface area contributed by atoms with Crippen LogP contribution in [0.4, 0.5) is 0 Å². The number of carboxylic acids is 1. The molecule has 82 valence electrons. The van der Waals surface area contributed by atoms with E-state index in [1.165, 1.54) is 13.3 Å². The summed E-state index contributed by atoms with van der Waals surface area (Å²) in [7, 11) is 1.44. The highest BCUT2D eigenvalue weighted by molar-refractivity contribution is 6.30. The number of ether oxygens (including phenoxy) is 1. The zero-order valence-electron chi connectivity index (χ0n) is 8.11. The van der Waals surface area contributed by atoms with Crippen molar-refractivity contribution in [3.8, 4) is 5.75 Å². The van der Waals surface area contributed by atoms with Gasteiger partial charge in [0.05, 0.1) is 7.11 Å². The average molecular weight is 231 g/mol. The number of rotatable bonds is 4. The summed E-state index contributed by atoms with van der Waals surface area (Å²) in [5.41, 5.74) is 5.69. The second-order valence-electron chi connectivity index (χ2n) is 2.84. The number of pyridine rings is 1. The van der Waals surface area contributed by atoms with Crippen LogP contribution in [0.3, 0.4) is 0 Å². The first-order valence-corrected chi connectivity index (χ1v) is 4.60. The molecular weight excluding hydrogens is 220 g/mol. The molecule has 15 heavy (non-hydrogen) atoms. The van der Waals surface area contributed by atoms with Crippen LogP contribution in [0.2, 0.25) is 5.15 Å². The van der Waals surface area contributed by atoms with Gasteiger partial charge in [0.15, 0.2) is 0 Å². The van der Waals surface area contributed by atoms with Gasteiger partial charge in [0.1, 0.15) is 16.8 Å². The van der Waals surface area contributed by atoms with Crippen molar-refractivity contribution in [1.82, 2.24) is 4.98 Å². The first kappa shape index (κ1) is 11.7. The molecule has 0 saturated carbocycles. The number of halogens is 1. The van der Waals surface area contributed by atoms with Crippen LogP contribution in [-0.4, -0.2) is 29.7 Å². The van der Waals surface area contributed by atoms with Gasteiger partial charge in [-0.05, 0) is 6.07 Å². The molecule has 6 heteroatoms. The van der Waals surface area contributed by atoms with Crippen LogP contribution in [0.1, 0.15) is 11.5 Å². The molecule has 1 heterocycles. The first-order valence-electron chi connectivity index (χ1n) is 4.23. The third kappa shape index (κ3) is 2.37. The van der Waals surface area contributed by atoms with Crippen molar-refractivity contribution in [2.75, 3.05) is 13.7 Å². The summed E-state index contributed by atoms with van der Waals surface area (Å²) in [5.74, 6) is -1.57. The number of methoxy groups -OCH3 is 1. The lowest BCUT2D eigenvalue weighted by Crippen LogP contribution is -2.22. The largest absolute Gasteiger partial charge is 0.496 e. The summed E-state index contributed by atoms with van der Waals surface area (Å²) in [5, 5.41) is 9.05. The molecule has 1 aromatic rings. The molecule has 0 aromatic carbocycles. The zero-order valence-corrected chi connectivity index (χ0v) is 8.86. The SMILES string of the molecule is COc1ccnc(Cl)c1C(CN)C(=O)O. The Morgan fingerprint density at radius 2 is 2.47 bits per heavy atom. The fourth-order valence-corrected chi connectivity index (χ4v) is 1.55. The Bertz CT molecular complexity index is 370. The van der Waals surface area contributed by atoms with Crippen LogP contribution in [0.15, 0.2) is 12.3 Å². The number of hydrogen-bond donors (Lipinski definition) is 2. The van der Waals surface area contributed by atoms with Crippen LogP contribution in [0.25, 0.3) is 0 Å². The molecule has 0 amide bonds. The lowest BCUT2D eigenvalue weighted by molar-refractivity contribution is -0.138. The predicted molar refractivity (Wildman–Crippen MR) is 55.2 cm³/mol. The maximum Gasteiger partial charge on any atom is 0.312 e. The molecule has 0 aliphatic rings. The van der Waals surface area contributed by atoms with E-state index < -0.39 is 11.9 Å². The second kappa shape index (κ2) is 4.95. The monoisotopic (exact) mass is 230 g/mol. The molecule has 0 fully saturated rings. The Morgan fingerprint density at radius 3 is 2.93 bits per heavy atom. The average Bonchev–Trinajstić information content (AvgIpc) is 2.21. The standard InChI is InChI=1S/C9H11ClN2O3/c1-15-6-2-3-12-8(10)7(6)5(4-11)9(13)14/h2-3,5H,4,11H2,1H3,(H,13,14). The fraction of sp³-hybridized carbons (Fsp3) is 0.333. The molecule has 3 N–H and O–H groups in total. The van der Waals surface area contributed by atoms with E-state index in [-0.39, 0.29) is 11.7 Å². The van der Waals surface area contributed by atoms with Crippen molar-refractivity contribution in [3.05, 3.63) is 23.0 Å².